The number of hydrogen-bond donors (Lipinski definition) is 1. The van der Waals surface area contributed by atoms with Crippen LogP contribution in [-0.2, 0) is 20.4 Å². The molecule has 4 rings (SSSR count). The van der Waals surface area contributed by atoms with Crippen LogP contribution in [0.15, 0.2) is 71.2 Å². The number of aromatic amines is 1. The molecule has 0 unspecified atom stereocenters. The van der Waals surface area contributed by atoms with Gasteiger partial charge in [-0.05, 0) is 43.7 Å². The second-order valence-corrected chi connectivity index (χ2v) is 9.34. The van der Waals surface area contributed by atoms with E-state index in [2.05, 4.69) is 5.10 Å². The Labute approximate surface area is 207 Å². The topological polar surface area (TPSA) is 67.3 Å². The number of esters is 1. The molecule has 6 nitrogen and oxygen atoms in total. The first-order valence-corrected chi connectivity index (χ1v) is 11.6. The van der Waals surface area contributed by atoms with Crippen LogP contribution in [0.4, 0.5) is 18.9 Å². The van der Waals surface area contributed by atoms with Crippen molar-refractivity contribution in [2.45, 2.75) is 44.7 Å². The molecular formula is C27H28F3N3O3. The number of allylic oxidation sites excluding steroid dienone is 1. The number of hydrogen-bond acceptors (Lipinski definition) is 4. The lowest BCUT2D eigenvalue weighted by Crippen LogP contribution is -2.52. The molecule has 0 amide bonds. The first-order valence-electron chi connectivity index (χ1n) is 11.6. The maximum atomic E-state index is 15.2. The molecular weight excluding hydrogens is 471 g/mol. The number of aromatic nitrogens is 2. The van der Waals surface area contributed by atoms with Crippen molar-refractivity contribution < 1.29 is 22.7 Å². The van der Waals surface area contributed by atoms with Gasteiger partial charge in [0.1, 0.15) is 0 Å². The zero-order valence-corrected chi connectivity index (χ0v) is 20.7. The fraction of sp³-hybridized carbons (Fsp3) is 0.333. The first kappa shape index (κ1) is 25.3. The zero-order valence-electron chi connectivity index (χ0n) is 20.7. The van der Waals surface area contributed by atoms with Crippen LogP contribution in [-0.4, -0.2) is 35.6 Å². The van der Waals surface area contributed by atoms with Gasteiger partial charge in [-0.1, -0.05) is 50.2 Å². The molecule has 1 aliphatic rings. The van der Waals surface area contributed by atoms with Crippen molar-refractivity contribution >= 4 is 11.7 Å². The fourth-order valence-electron chi connectivity index (χ4n) is 5.05. The standard InChI is InChI=1S/C27H28F3N3O3/c1-6-36-24(35)26(27(28,29)30,16-21-25(3,4)19-14-10-11-15-20(19)32(21)5)22-17(2)31-33(23(22)34)18-12-8-7-9-13-18/h7-16,31H,6H2,1-5H3/b21-16+/t26-/m1/s1. The Balaban J connectivity index is 2.08. The Morgan fingerprint density at radius 2 is 1.69 bits per heavy atom. The van der Waals surface area contributed by atoms with Gasteiger partial charge in [-0.3, -0.25) is 14.7 Å². The first-order chi connectivity index (χ1) is 16.9. The fourth-order valence-corrected chi connectivity index (χ4v) is 5.05. The molecule has 36 heavy (non-hydrogen) atoms. The van der Waals surface area contributed by atoms with E-state index in [-0.39, 0.29) is 18.0 Å². The van der Waals surface area contributed by atoms with E-state index >= 15 is 13.2 Å². The molecule has 0 bridgehead atoms. The summed E-state index contributed by atoms with van der Waals surface area (Å²) in [6.07, 6.45) is -4.31. The summed E-state index contributed by atoms with van der Waals surface area (Å²) in [5, 5.41) is 2.73. The molecule has 0 spiro atoms. The van der Waals surface area contributed by atoms with Gasteiger partial charge in [-0.2, -0.15) is 13.2 Å². The van der Waals surface area contributed by atoms with Gasteiger partial charge in [0.2, 0.25) is 5.41 Å². The minimum atomic E-state index is -5.18. The summed E-state index contributed by atoms with van der Waals surface area (Å²) in [5.74, 6) is -1.55. The van der Waals surface area contributed by atoms with Crippen LogP contribution in [0.2, 0.25) is 0 Å². The lowest BCUT2D eigenvalue weighted by atomic mass is 9.74. The van der Waals surface area contributed by atoms with Gasteiger partial charge in [0.25, 0.3) is 5.56 Å². The van der Waals surface area contributed by atoms with Crippen LogP contribution in [0.25, 0.3) is 5.69 Å². The molecule has 3 aromatic rings. The summed E-state index contributed by atoms with van der Waals surface area (Å²) in [7, 11) is 1.65. The third-order valence-corrected chi connectivity index (χ3v) is 6.82. The molecule has 0 saturated carbocycles. The number of carbonyl (C=O) groups excluding carboxylic acids is 1. The van der Waals surface area contributed by atoms with Crippen LogP contribution in [0.3, 0.4) is 0 Å². The predicted molar refractivity (Wildman–Crippen MR) is 131 cm³/mol. The number of para-hydroxylation sites is 2. The number of H-pyrrole nitrogens is 1. The highest BCUT2D eigenvalue weighted by atomic mass is 19.4. The average Bonchev–Trinajstić information content (AvgIpc) is 3.22. The van der Waals surface area contributed by atoms with E-state index in [1.807, 2.05) is 18.2 Å². The lowest BCUT2D eigenvalue weighted by molar-refractivity contribution is -0.199. The number of anilines is 1. The van der Waals surface area contributed by atoms with Crippen molar-refractivity contribution in [1.82, 2.24) is 9.78 Å². The van der Waals surface area contributed by atoms with Gasteiger partial charge in [0.05, 0.1) is 17.9 Å². The van der Waals surface area contributed by atoms with E-state index in [0.29, 0.717) is 5.69 Å². The van der Waals surface area contributed by atoms with E-state index in [0.717, 1.165) is 22.0 Å². The Kier molecular flexibility index (Phi) is 6.14. The zero-order chi connectivity index (χ0) is 26.5. The van der Waals surface area contributed by atoms with E-state index in [1.54, 1.807) is 62.2 Å². The summed E-state index contributed by atoms with van der Waals surface area (Å²) in [6, 6.07) is 15.5. The number of alkyl halides is 3. The second-order valence-electron chi connectivity index (χ2n) is 9.34. The third kappa shape index (κ3) is 3.65. The lowest BCUT2D eigenvalue weighted by Gasteiger charge is -2.34. The monoisotopic (exact) mass is 499 g/mol. The summed E-state index contributed by atoms with van der Waals surface area (Å²) in [5.41, 5.74) is -3.88. The molecule has 2 heterocycles. The van der Waals surface area contributed by atoms with Crippen LogP contribution in [0.1, 0.15) is 37.6 Å². The van der Waals surface area contributed by atoms with E-state index in [1.165, 1.54) is 13.8 Å². The molecule has 0 saturated heterocycles. The Morgan fingerprint density at radius 3 is 2.28 bits per heavy atom. The number of ether oxygens (including phenoxy) is 1. The van der Waals surface area contributed by atoms with Crippen molar-refractivity contribution in [3.05, 3.63) is 93.5 Å². The number of nitrogens with zero attached hydrogens (tertiary/aromatic N) is 2. The summed E-state index contributed by atoms with van der Waals surface area (Å²) in [4.78, 5) is 28.6. The maximum Gasteiger partial charge on any atom is 0.412 e. The smallest absolute Gasteiger partial charge is 0.412 e. The van der Waals surface area contributed by atoms with E-state index < -0.39 is 34.1 Å². The van der Waals surface area contributed by atoms with Crippen LogP contribution in [0.5, 0.6) is 0 Å². The number of nitrogens with one attached hydrogen (secondary N) is 1. The predicted octanol–water partition coefficient (Wildman–Crippen LogP) is 5.15. The van der Waals surface area contributed by atoms with Crippen molar-refractivity contribution in [3.8, 4) is 5.69 Å². The van der Waals surface area contributed by atoms with Gasteiger partial charge in [0, 0.05) is 29.5 Å². The van der Waals surface area contributed by atoms with Crippen LogP contribution >= 0.6 is 0 Å². The SMILES string of the molecule is CCOC(=O)[C@@](/C=C1/N(C)c2ccccc2C1(C)C)(c1c(C)[nH]n(-c2ccccc2)c1=O)C(F)(F)F. The van der Waals surface area contributed by atoms with Gasteiger partial charge in [-0.15, -0.1) is 0 Å². The molecule has 0 fully saturated rings. The minimum Gasteiger partial charge on any atom is -0.465 e. The van der Waals surface area contributed by atoms with E-state index in [9.17, 15) is 9.59 Å². The maximum absolute atomic E-state index is 15.2. The molecule has 1 N–H and O–H groups in total. The van der Waals surface area contributed by atoms with Crippen molar-refractivity contribution in [2.75, 3.05) is 18.6 Å². The van der Waals surface area contributed by atoms with Crippen LogP contribution in [0, 0.1) is 6.92 Å². The quantitative estimate of drug-likeness (QED) is 0.493. The number of carbonyl (C=O) groups is 1. The van der Waals surface area contributed by atoms with Gasteiger partial charge in [0.15, 0.2) is 0 Å². The summed E-state index contributed by atoms with van der Waals surface area (Å²) < 4.78 is 51.8. The average molecular weight is 500 g/mol. The van der Waals surface area contributed by atoms with Crippen LogP contribution < -0.4 is 10.5 Å². The summed E-state index contributed by atoms with van der Waals surface area (Å²) in [6.45, 7) is 6.08. The van der Waals surface area contributed by atoms with Gasteiger partial charge >= 0.3 is 12.1 Å². The molecule has 1 aliphatic heterocycles. The van der Waals surface area contributed by atoms with Crippen molar-refractivity contribution in [1.29, 1.82) is 0 Å². The van der Waals surface area contributed by atoms with Gasteiger partial charge < -0.3 is 9.64 Å². The molecule has 2 aromatic carbocycles. The van der Waals surface area contributed by atoms with E-state index in [4.69, 9.17) is 4.74 Å². The van der Waals surface area contributed by atoms with Crippen molar-refractivity contribution in [3.63, 3.8) is 0 Å². The Hall–Kier alpha value is -3.75. The number of benzene rings is 2. The molecule has 0 radical (unpaired) electrons. The highest BCUT2D eigenvalue weighted by Gasteiger charge is 2.65. The normalized spacial score (nSPS) is 17.7. The molecule has 0 aliphatic carbocycles. The molecule has 1 atom stereocenters. The third-order valence-electron chi connectivity index (χ3n) is 6.82. The minimum absolute atomic E-state index is 0.0814. The molecule has 1 aromatic heterocycles. The highest BCUT2D eigenvalue weighted by molar-refractivity contribution is 5.88. The number of rotatable bonds is 5. The number of halogens is 3. The summed E-state index contributed by atoms with van der Waals surface area (Å²) >= 11 is 0. The largest absolute Gasteiger partial charge is 0.465 e. The highest BCUT2D eigenvalue weighted by Crippen LogP contribution is 2.51. The Morgan fingerprint density at radius 1 is 1.08 bits per heavy atom. The Bertz CT molecular complexity index is 1390. The van der Waals surface area contributed by atoms with Crippen molar-refractivity contribution in [2.24, 2.45) is 0 Å². The number of likely N-dealkylation sites (N-methyl/N-ethyl adjacent to an activating group) is 1. The number of fused-ring (bicyclic) bond motifs is 1. The van der Waals surface area contributed by atoms with Gasteiger partial charge in [-0.25, -0.2) is 4.68 Å². The molecule has 190 valence electrons. The second kappa shape index (κ2) is 8.72. The number of aryl methyl sites for hydroxylation is 1. The molecule has 9 heteroatoms.